The fraction of sp³-hybridized carbons (Fsp3) is 0.321. The van der Waals surface area contributed by atoms with E-state index in [4.69, 9.17) is 23.2 Å². The van der Waals surface area contributed by atoms with Crippen molar-refractivity contribution in [3.63, 3.8) is 0 Å². The second-order valence-electron chi connectivity index (χ2n) is 9.88. The lowest BCUT2D eigenvalue weighted by atomic mass is 9.83. The highest BCUT2D eigenvalue weighted by Gasteiger charge is 2.41. The number of halogens is 3. The highest BCUT2D eigenvalue weighted by molar-refractivity contribution is 7.89. The fourth-order valence-corrected chi connectivity index (χ4v) is 7.68. The molecule has 0 radical (unpaired) electrons. The summed E-state index contributed by atoms with van der Waals surface area (Å²) in [4.78, 5) is 13.5. The van der Waals surface area contributed by atoms with E-state index in [0.717, 1.165) is 49.9 Å². The molecule has 0 bridgehead atoms. The number of aromatic carboxylic acids is 1. The minimum Gasteiger partial charge on any atom is -0.478 e. The third-order valence-electron chi connectivity index (χ3n) is 7.65. The molecule has 1 N–H and O–H groups in total. The van der Waals surface area contributed by atoms with Gasteiger partial charge < -0.3 is 10.0 Å². The van der Waals surface area contributed by atoms with Gasteiger partial charge in [0.15, 0.2) is 0 Å². The van der Waals surface area contributed by atoms with Crippen molar-refractivity contribution < 1.29 is 22.7 Å². The highest BCUT2D eigenvalue weighted by Crippen LogP contribution is 2.45. The normalized spacial score (nSPS) is 20.1. The molecule has 38 heavy (non-hydrogen) atoms. The van der Waals surface area contributed by atoms with Gasteiger partial charge in [-0.2, -0.15) is 4.31 Å². The quantitative estimate of drug-likeness (QED) is 0.354. The Morgan fingerprint density at radius 2 is 1.76 bits per heavy atom. The van der Waals surface area contributed by atoms with Gasteiger partial charge in [-0.25, -0.2) is 17.6 Å². The number of nitrogens with zero attached hydrogens (tertiary/aromatic N) is 2. The van der Waals surface area contributed by atoms with E-state index >= 15 is 0 Å². The summed E-state index contributed by atoms with van der Waals surface area (Å²) in [7, 11) is -2.36. The van der Waals surface area contributed by atoms with Gasteiger partial charge in [-0.15, -0.1) is 0 Å². The summed E-state index contributed by atoms with van der Waals surface area (Å²) >= 11 is 13.0. The molecule has 5 rings (SSSR count). The van der Waals surface area contributed by atoms with Crippen LogP contribution in [0, 0.1) is 11.7 Å². The first kappa shape index (κ1) is 26.9. The molecule has 6 nitrogen and oxygen atoms in total. The zero-order valence-corrected chi connectivity index (χ0v) is 23.0. The average molecular weight is 578 g/mol. The minimum absolute atomic E-state index is 0.0406. The molecule has 1 aliphatic heterocycles. The molecular weight excluding hydrogens is 550 g/mol. The van der Waals surface area contributed by atoms with E-state index in [1.807, 2.05) is 17.0 Å². The van der Waals surface area contributed by atoms with Crippen molar-refractivity contribution in [2.75, 3.05) is 18.5 Å². The van der Waals surface area contributed by atoms with Gasteiger partial charge in [0.25, 0.3) is 0 Å². The molecule has 10 heteroatoms. The van der Waals surface area contributed by atoms with E-state index in [2.05, 4.69) is 0 Å². The number of carboxylic acid groups (broad SMARTS) is 1. The number of carbonyl (C=O) groups is 1. The van der Waals surface area contributed by atoms with E-state index in [0.29, 0.717) is 28.4 Å². The van der Waals surface area contributed by atoms with Crippen molar-refractivity contribution in [2.45, 2.75) is 43.0 Å². The first-order chi connectivity index (χ1) is 18.1. The number of rotatable bonds is 4. The Bertz CT molecular complexity index is 1510. The lowest BCUT2D eigenvalue weighted by Crippen LogP contribution is -2.46. The van der Waals surface area contributed by atoms with Crippen molar-refractivity contribution >= 4 is 50.6 Å². The molecule has 1 heterocycles. The molecule has 200 valence electrons. The summed E-state index contributed by atoms with van der Waals surface area (Å²) in [5, 5.41) is 10.1. The molecular formula is C28H27Cl2FN2O4S. The standard InChI is InChI=1S/C28H27Cl2FN2O4S/c1-32-26(17-6-3-2-4-7-17)16-33(20-9-5-8-19(29)13-20)25-15-23(30)21(14-27(25)38(32,36)37)18-10-11-24(31)22(12-18)28(34)35/h5,8-15,17,26H,2-4,6-7,16H2,1H3,(H,34,35)/t26-/m0/s1. The Labute approximate surface area is 231 Å². The summed E-state index contributed by atoms with van der Waals surface area (Å²) in [6.45, 7) is 0.420. The van der Waals surface area contributed by atoms with Crippen LogP contribution in [0.4, 0.5) is 15.8 Å². The van der Waals surface area contributed by atoms with Crippen LogP contribution in [-0.2, 0) is 10.0 Å². The maximum Gasteiger partial charge on any atom is 0.338 e. The maximum atomic E-state index is 14.1. The van der Waals surface area contributed by atoms with Crippen LogP contribution in [0.2, 0.25) is 10.0 Å². The molecule has 0 saturated heterocycles. The zero-order valence-electron chi connectivity index (χ0n) is 20.7. The average Bonchev–Trinajstić information content (AvgIpc) is 2.97. The number of hydrogen-bond donors (Lipinski definition) is 1. The molecule has 3 aromatic rings. The van der Waals surface area contributed by atoms with E-state index in [1.54, 1.807) is 25.2 Å². The van der Waals surface area contributed by atoms with Crippen LogP contribution < -0.4 is 4.90 Å². The Kier molecular flexibility index (Phi) is 7.44. The van der Waals surface area contributed by atoms with Gasteiger partial charge in [0.2, 0.25) is 10.0 Å². The largest absolute Gasteiger partial charge is 0.478 e. The highest BCUT2D eigenvalue weighted by atomic mass is 35.5. The smallest absolute Gasteiger partial charge is 0.338 e. The van der Waals surface area contributed by atoms with E-state index in [-0.39, 0.29) is 21.9 Å². The Morgan fingerprint density at radius 3 is 2.45 bits per heavy atom. The number of hydrogen-bond acceptors (Lipinski definition) is 4. The van der Waals surface area contributed by atoms with Crippen molar-refractivity contribution in [2.24, 2.45) is 5.92 Å². The van der Waals surface area contributed by atoms with Gasteiger partial charge in [-0.05, 0) is 66.8 Å². The van der Waals surface area contributed by atoms with E-state index < -0.39 is 27.4 Å². The van der Waals surface area contributed by atoms with Gasteiger partial charge in [-0.1, -0.05) is 54.6 Å². The van der Waals surface area contributed by atoms with Gasteiger partial charge in [0.1, 0.15) is 10.7 Å². The van der Waals surface area contributed by atoms with E-state index in [1.165, 1.54) is 16.4 Å². The van der Waals surface area contributed by atoms with Crippen molar-refractivity contribution in [3.05, 3.63) is 76.0 Å². The van der Waals surface area contributed by atoms with Gasteiger partial charge in [0, 0.05) is 35.9 Å². The Balaban J connectivity index is 1.72. The molecule has 0 unspecified atom stereocenters. The van der Waals surface area contributed by atoms with Gasteiger partial charge in [-0.3, -0.25) is 0 Å². The summed E-state index contributed by atoms with van der Waals surface area (Å²) < 4.78 is 43.8. The van der Waals surface area contributed by atoms with E-state index in [9.17, 15) is 22.7 Å². The lowest BCUT2D eigenvalue weighted by Gasteiger charge is -2.36. The second kappa shape index (κ2) is 10.5. The molecule has 1 atom stereocenters. The molecule has 2 aliphatic rings. The molecule has 0 amide bonds. The van der Waals surface area contributed by atoms with Gasteiger partial charge >= 0.3 is 5.97 Å². The predicted octanol–water partition coefficient (Wildman–Crippen LogP) is 7.22. The summed E-state index contributed by atoms with van der Waals surface area (Å²) in [6, 6.07) is 13.6. The monoisotopic (exact) mass is 576 g/mol. The van der Waals surface area contributed by atoms with Crippen LogP contribution in [0.15, 0.2) is 59.5 Å². The number of fused-ring (bicyclic) bond motifs is 1. The maximum absolute atomic E-state index is 14.1. The third kappa shape index (κ3) is 4.91. The number of sulfonamides is 1. The van der Waals surface area contributed by atoms with Crippen LogP contribution in [-0.4, -0.2) is 43.4 Å². The Hall–Kier alpha value is -2.65. The predicted molar refractivity (Wildman–Crippen MR) is 148 cm³/mol. The summed E-state index contributed by atoms with van der Waals surface area (Å²) in [6.07, 6.45) is 5.16. The minimum atomic E-state index is -3.98. The molecule has 3 aromatic carbocycles. The number of anilines is 2. The lowest BCUT2D eigenvalue weighted by molar-refractivity contribution is 0.0692. The number of benzene rings is 3. The summed E-state index contributed by atoms with van der Waals surface area (Å²) in [5.74, 6) is -2.11. The number of likely N-dealkylation sites (N-methyl/N-ethyl adjacent to an activating group) is 1. The second-order valence-corrected chi connectivity index (χ2v) is 12.7. The fourth-order valence-electron chi connectivity index (χ4n) is 5.63. The first-order valence-corrected chi connectivity index (χ1v) is 14.7. The summed E-state index contributed by atoms with van der Waals surface area (Å²) in [5.41, 5.74) is 1.23. The van der Waals surface area contributed by atoms with Gasteiger partial charge in [0.05, 0.1) is 16.3 Å². The van der Waals surface area contributed by atoms with Crippen LogP contribution in [0.1, 0.15) is 42.5 Å². The molecule has 1 fully saturated rings. The van der Waals surface area contributed by atoms with Crippen molar-refractivity contribution in [1.29, 1.82) is 0 Å². The topological polar surface area (TPSA) is 77.9 Å². The zero-order chi connectivity index (χ0) is 27.2. The van der Waals surface area contributed by atoms with Crippen LogP contribution in [0.5, 0.6) is 0 Å². The Morgan fingerprint density at radius 1 is 1.03 bits per heavy atom. The molecule has 1 saturated carbocycles. The van der Waals surface area contributed by atoms with Crippen molar-refractivity contribution in [1.82, 2.24) is 4.31 Å². The molecule has 1 aliphatic carbocycles. The molecule has 0 spiro atoms. The van der Waals surface area contributed by atoms with Crippen LogP contribution in [0.25, 0.3) is 11.1 Å². The first-order valence-electron chi connectivity index (χ1n) is 12.5. The van der Waals surface area contributed by atoms with Crippen LogP contribution >= 0.6 is 23.2 Å². The number of carboxylic acids is 1. The third-order valence-corrected chi connectivity index (χ3v) is 10.1. The molecule has 0 aromatic heterocycles. The van der Waals surface area contributed by atoms with Crippen molar-refractivity contribution in [3.8, 4) is 11.1 Å². The SMILES string of the molecule is CN1[C@H](C2CCCCC2)CN(c2cccc(Cl)c2)c2cc(Cl)c(-c3ccc(F)c(C(=O)O)c3)cc2S1(=O)=O. The van der Waals surface area contributed by atoms with Crippen LogP contribution in [0.3, 0.4) is 0 Å².